The maximum atomic E-state index is 14.9. The number of hydrogen-bond acceptors (Lipinski definition) is 7. The first-order chi connectivity index (χ1) is 15.8. The number of anilines is 2. The molecular formula is C22H22ClFN4O4S2. The van der Waals surface area contributed by atoms with Crippen molar-refractivity contribution in [3.8, 4) is 11.3 Å². The predicted molar refractivity (Wildman–Crippen MR) is 132 cm³/mol. The fraction of sp³-hybridized carbons (Fsp3) is 0.273. The molecule has 1 aliphatic heterocycles. The molecule has 3 heterocycles. The van der Waals surface area contributed by atoms with Gasteiger partial charge in [-0.2, -0.15) is 0 Å². The van der Waals surface area contributed by atoms with Crippen LogP contribution in [0.3, 0.4) is 0 Å². The Morgan fingerprint density at radius 2 is 1.91 bits per heavy atom. The third kappa shape index (κ3) is 5.23. The number of nitrogens with one attached hydrogen (secondary N) is 2. The van der Waals surface area contributed by atoms with Crippen LogP contribution in [0.15, 0.2) is 36.5 Å². The third-order valence-electron chi connectivity index (χ3n) is 5.30. The second-order valence-electron chi connectivity index (χ2n) is 8.40. The second-order valence-corrected chi connectivity index (χ2v) is 11.8. The van der Waals surface area contributed by atoms with Gasteiger partial charge in [0.15, 0.2) is 0 Å². The Balaban J connectivity index is 1.56. The van der Waals surface area contributed by atoms with E-state index in [1.165, 1.54) is 41.8 Å². The van der Waals surface area contributed by atoms with Crippen LogP contribution in [0.25, 0.3) is 11.3 Å². The molecule has 0 unspecified atom stereocenters. The van der Waals surface area contributed by atoms with E-state index in [2.05, 4.69) is 15.0 Å². The van der Waals surface area contributed by atoms with Gasteiger partial charge in [0.1, 0.15) is 17.1 Å². The number of rotatable bonds is 6. The number of aryl methyl sites for hydroxylation is 1. The molecule has 0 atom stereocenters. The van der Waals surface area contributed by atoms with Crippen LogP contribution in [-0.2, 0) is 15.6 Å². The molecule has 1 saturated heterocycles. The number of thiophene rings is 1. The topological polar surface area (TPSA) is 112 Å². The Hall–Kier alpha value is -2.57. The van der Waals surface area contributed by atoms with Gasteiger partial charge < -0.3 is 10.4 Å². The number of carbonyl (C=O) groups is 1. The van der Waals surface area contributed by atoms with Gasteiger partial charge >= 0.3 is 0 Å². The quantitative estimate of drug-likeness (QED) is 0.453. The summed E-state index contributed by atoms with van der Waals surface area (Å²) in [6.07, 6.45) is 2.47. The number of sulfonamides is 1. The summed E-state index contributed by atoms with van der Waals surface area (Å²) < 4.78 is 40.2. The molecule has 1 fully saturated rings. The van der Waals surface area contributed by atoms with Crippen molar-refractivity contribution in [1.29, 1.82) is 0 Å². The van der Waals surface area contributed by atoms with Gasteiger partial charge in [0, 0.05) is 46.0 Å². The van der Waals surface area contributed by atoms with E-state index in [1.807, 2.05) is 11.9 Å². The average Bonchev–Trinajstić information content (AvgIpc) is 3.06. The van der Waals surface area contributed by atoms with Crippen molar-refractivity contribution >= 4 is 50.2 Å². The van der Waals surface area contributed by atoms with Crippen LogP contribution < -0.4 is 10.0 Å². The molecule has 8 nitrogen and oxygen atoms in total. The van der Waals surface area contributed by atoms with Crippen molar-refractivity contribution < 1.29 is 22.7 Å². The molecule has 12 heteroatoms. The summed E-state index contributed by atoms with van der Waals surface area (Å²) in [6.45, 7) is 2.56. The summed E-state index contributed by atoms with van der Waals surface area (Å²) in [5, 5.41) is 13.5. The Morgan fingerprint density at radius 3 is 2.53 bits per heavy atom. The first-order valence-electron chi connectivity index (χ1n) is 10.1. The molecule has 0 aliphatic carbocycles. The maximum absolute atomic E-state index is 14.9. The van der Waals surface area contributed by atoms with E-state index in [4.69, 9.17) is 11.6 Å². The van der Waals surface area contributed by atoms with Gasteiger partial charge in [-0.05, 0) is 44.3 Å². The number of carbonyl (C=O) groups excluding carboxylic acids is 1. The van der Waals surface area contributed by atoms with Crippen LogP contribution in [0.2, 0.25) is 5.02 Å². The van der Waals surface area contributed by atoms with Crippen molar-refractivity contribution in [3.05, 3.63) is 62.7 Å². The largest absolute Gasteiger partial charge is 0.382 e. The number of β-amino-alcohol motifs (C(OH)–C–C–N with tert-alkyl or cyclic N) is 1. The van der Waals surface area contributed by atoms with Crippen LogP contribution in [0.5, 0.6) is 0 Å². The van der Waals surface area contributed by atoms with Crippen LogP contribution >= 0.6 is 22.9 Å². The lowest BCUT2D eigenvalue weighted by Gasteiger charge is -2.44. The van der Waals surface area contributed by atoms with Gasteiger partial charge in [0.05, 0.1) is 16.8 Å². The predicted octanol–water partition coefficient (Wildman–Crippen LogP) is 3.67. The lowest BCUT2D eigenvalue weighted by atomic mass is 9.87. The first kappa shape index (κ1) is 24.6. The van der Waals surface area contributed by atoms with Crippen LogP contribution in [0.1, 0.15) is 20.1 Å². The van der Waals surface area contributed by atoms with Gasteiger partial charge in [-0.3, -0.25) is 19.4 Å². The molecule has 0 spiro atoms. The molecule has 0 bridgehead atoms. The Morgan fingerprint density at radius 1 is 1.24 bits per heavy atom. The number of halogens is 2. The number of nitrogens with zero attached hydrogens (tertiary/aromatic N) is 2. The molecule has 2 aromatic heterocycles. The highest BCUT2D eigenvalue weighted by atomic mass is 35.5. The summed E-state index contributed by atoms with van der Waals surface area (Å²) in [5.74, 6) is -1.05. The standard InChI is InChI=1S/C22H22ClFN4O4S2/c1-12-17(20-18(24)4-13(9-25-20)22(30)10-28(2)11-22)8-19(33-12)21(29)26-15-5-14(23)6-16(7-15)27-34(3,31)32/h4-9,27,30H,10-11H2,1-3H3,(H,26,29). The van der Waals surface area contributed by atoms with E-state index in [9.17, 15) is 22.7 Å². The van der Waals surface area contributed by atoms with Gasteiger partial charge in [-0.1, -0.05) is 11.6 Å². The highest BCUT2D eigenvalue weighted by molar-refractivity contribution is 7.92. The van der Waals surface area contributed by atoms with Crippen molar-refractivity contribution in [2.24, 2.45) is 0 Å². The maximum Gasteiger partial charge on any atom is 0.265 e. The molecule has 1 aliphatic rings. The minimum atomic E-state index is -3.52. The zero-order valence-electron chi connectivity index (χ0n) is 18.5. The molecular weight excluding hydrogens is 503 g/mol. The van der Waals surface area contributed by atoms with Crippen LogP contribution in [-0.4, -0.2) is 55.7 Å². The van der Waals surface area contributed by atoms with Crippen LogP contribution in [0.4, 0.5) is 15.8 Å². The van der Waals surface area contributed by atoms with Crippen molar-refractivity contribution in [1.82, 2.24) is 9.88 Å². The number of aromatic nitrogens is 1. The summed E-state index contributed by atoms with van der Waals surface area (Å²) in [4.78, 5) is 20.0. The number of hydrogen-bond donors (Lipinski definition) is 3. The summed E-state index contributed by atoms with van der Waals surface area (Å²) in [7, 11) is -1.66. The monoisotopic (exact) mass is 524 g/mol. The minimum absolute atomic E-state index is 0.0928. The number of amides is 1. The normalized spacial score (nSPS) is 15.6. The number of likely N-dealkylation sites (tertiary alicyclic amines) is 1. The van der Waals surface area contributed by atoms with Crippen LogP contribution in [0, 0.1) is 12.7 Å². The third-order valence-corrected chi connectivity index (χ3v) is 7.17. The van der Waals surface area contributed by atoms with E-state index in [-0.39, 0.29) is 16.4 Å². The molecule has 4 rings (SSSR count). The SMILES string of the molecule is Cc1sc(C(=O)Nc2cc(Cl)cc(NS(C)(=O)=O)c2)cc1-c1ncc(C2(O)CN(C)C2)cc1F. The Kier molecular flexibility index (Phi) is 6.42. The zero-order chi connectivity index (χ0) is 24.8. The van der Waals surface area contributed by atoms with Crippen molar-refractivity contribution in [3.63, 3.8) is 0 Å². The van der Waals surface area contributed by atoms with Gasteiger partial charge in [0.2, 0.25) is 10.0 Å². The van der Waals surface area contributed by atoms with E-state index in [1.54, 1.807) is 13.0 Å². The summed E-state index contributed by atoms with van der Waals surface area (Å²) >= 11 is 7.22. The number of benzene rings is 1. The lowest BCUT2D eigenvalue weighted by Crippen LogP contribution is -2.57. The average molecular weight is 525 g/mol. The number of aliphatic hydroxyl groups is 1. The smallest absolute Gasteiger partial charge is 0.265 e. The molecule has 1 aromatic carbocycles. The number of pyridine rings is 1. The molecule has 3 aromatic rings. The zero-order valence-corrected chi connectivity index (χ0v) is 20.9. The highest BCUT2D eigenvalue weighted by Gasteiger charge is 2.41. The summed E-state index contributed by atoms with van der Waals surface area (Å²) in [6, 6.07) is 7.18. The fourth-order valence-electron chi connectivity index (χ4n) is 3.88. The van der Waals surface area contributed by atoms with Gasteiger partial charge in [0.25, 0.3) is 5.91 Å². The molecule has 0 radical (unpaired) electrons. The lowest BCUT2D eigenvalue weighted by molar-refractivity contribution is -0.0922. The molecule has 180 valence electrons. The Bertz CT molecular complexity index is 1390. The van der Waals surface area contributed by atoms with Crippen molar-refractivity contribution in [2.75, 3.05) is 36.4 Å². The second kappa shape index (κ2) is 8.90. The molecule has 0 saturated carbocycles. The van der Waals surface area contributed by atoms with E-state index < -0.39 is 27.3 Å². The first-order valence-corrected chi connectivity index (χ1v) is 13.2. The molecule has 34 heavy (non-hydrogen) atoms. The van der Waals surface area contributed by atoms with Crippen molar-refractivity contribution in [2.45, 2.75) is 12.5 Å². The van der Waals surface area contributed by atoms with E-state index in [0.29, 0.717) is 39.7 Å². The Labute approximate surface area is 205 Å². The fourth-order valence-corrected chi connectivity index (χ4v) is 5.57. The summed E-state index contributed by atoms with van der Waals surface area (Å²) in [5.41, 5.74) is 0.370. The molecule has 1 amide bonds. The van der Waals surface area contributed by atoms with E-state index in [0.717, 1.165) is 6.26 Å². The number of likely N-dealkylation sites (N-methyl/N-ethyl adjacent to an activating group) is 1. The van der Waals surface area contributed by atoms with Gasteiger partial charge in [-0.15, -0.1) is 11.3 Å². The minimum Gasteiger partial charge on any atom is -0.382 e. The van der Waals surface area contributed by atoms with E-state index >= 15 is 0 Å². The highest BCUT2D eigenvalue weighted by Crippen LogP contribution is 2.35. The van der Waals surface area contributed by atoms with Gasteiger partial charge in [-0.25, -0.2) is 12.8 Å². The molecule has 3 N–H and O–H groups in total.